The smallest absolute Gasteiger partial charge is 0.216 e. The van der Waals surface area contributed by atoms with Crippen molar-refractivity contribution in [1.82, 2.24) is 0 Å². The van der Waals surface area contributed by atoms with E-state index in [0.717, 1.165) is 0 Å². The van der Waals surface area contributed by atoms with Gasteiger partial charge in [0.05, 0.1) is 5.39 Å². The average molecular weight is 193 g/mol. The fourth-order valence-corrected chi connectivity index (χ4v) is 1.34. The molecule has 66 valence electrons. The van der Waals surface area contributed by atoms with Crippen molar-refractivity contribution in [2.45, 2.75) is 5.09 Å². The highest BCUT2D eigenvalue weighted by Crippen LogP contribution is 2.18. The lowest BCUT2D eigenvalue weighted by molar-refractivity contribution is 0.506. The Morgan fingerprint density at radius 3 is 2.77 bits per heavy atom. The van der Waals surface area contributed by atoms with Gasteiger partial charge in [-0.25, -0.2) is 0 Å². The number of thiol groups is 1. The highest BCUT2D eigenvalue weighted by atomic mass is 32.1. The zero-order valence-corrected chi connectivity index (χ0v) is 7.54. The second-order valence-electron chi connectivity index (χ2n) is 2.65. The third-order valence-corrected chi connectivity index (χ3v) is 2.15. The van der Waals surface area contributed by atoms with Crippen molar-refractivity contribution in [3.05, 3.63) is 34.5 Å². The molecular weight excluding hydrogens is 186 g/mol. The van der Waals surface area contributed by atoms with Gasteiger partial charge in [0.25, 0.3) is 0 Å². The predicted octanol–water partition coefficient (Wildman–Crippen LogP) is 1.66. The molecule has 0 atom stereocenters. The van der Waals surface area contributed by atoms with Crippen molar-refractivity contribution in [1.29, 1.82) is 0 Å². The van der Waals surface area contributed by atoms with Crippen molar-refractivity contribution in [2.75, 3.05) is 5.73 Å². The molecule has 0 fully saturated rings. The first-order valence-electron chi connectivity index (χ1n) is 3.70. The van der Waals surface area contributed by atoms with Crippen LogP contribution in [0.3, 0.4) is 0 Å². The monoisotopic (exact) mass is 193 g/mol. The van der Waals surface area contributed by atoms with Crippen LogP contribution < -0.4 is 11.2 Å². The van der Waals surface area contributed by atoms with Crippen LogP contribution in [0.2, 0.25) is 0 Å². The molecule has 1 heterocycles. The molecule has 0 bridgehead atoms. The summed E-state index contributed by atoms with van der Waals surface area (Å²) in [6.45, 7) is 0. The molecule has 0 aliphatic carbocycles. The van der Waals surface area contributed by atoms with Gasteiger partial charge in [-0.05, 0) is 12.1 Å². The number of hydrogen-bond acceptors (Lipinski definition) is 4. The molecule has 0 unspecified atom stereocenters. The summed E-state index contributed by atoms with van der Waals surface area (Å²) in [6, 6.07) is 6.92. The van der Waals surface area contributed by atoms with E-state index in [1.165, 1.54) is 0 Å². The van der Waals surface area contributed by atoms with Gasteiger partial charge in [0.2, 0.25) is 5.43 Å². The molecule has 0 spiro atoms. The summed E-state index contributed by atoms with van der Waals surface area (Å²) in [7, 11) is 0. The van der Waals surface area contributed by atoms with Crippen LogP contribution in [0.15, 0.2) is 38.6 Å². The van der Waals surface area contributed by atoms with Gasteiger partial charge in [-0.3, -0.25) is 4.79 Å². The van der Waals surface area contributed by atoms with E-state index in [4.69, 9.17) is 10.2 Å². The minimum atomic E-state index is -0.230. The van der Waals surface area contributed by atoms with Crippen molar-refractivity contribution >= 4 is 29.3 Å². The van der Waals surface area contributed by atoms with Crippen LogP contribution in [-0.4, -0.2) is 0 Å². The van der Waals surface area contributed by atoms with E-state index in [1.54, 1.807) is 24.3 Å². The van der Waals surface area contributed by atoms with Crippen LogP contribution in [-0.2, 0) is 0 Å². The number of nitrogens with two attached hydrogens (primary N) is 1. The molecule has 0 aliphatic rings. The van der Waals surface area contributed by atoms with E-state index in [0.29, 0.717) is 11.0 Å². The Balaban J connectivity index is 3.03. The van der Waals surface area contributed by atoms with Crippen molar-refractivity contribution in [2.24, 2.45) is 0 Å². The summed E-state index contributed by atoms with van der Waals surface area (Å²) in [5, 5.41) is 0.654. The summed E-state index contributed by atoms with van der Waals surface area (Å²) in [6.07, 6.45) is 0. The van der Waals surface area contributed by atoms with Gasteiger partial charge >= 0.3 is 0 Å². The van der Waals surface area contributed by atoms with Crippen LogP contribution in [0, 0.1) is 0 Å². The molecular formula is C9H7NO2S. The fraction of sp³-hybridized carbons (Fsp3) is 0. The molecule has 2 N–H and O–H groups in total. The molecule has 2 aromatic rings. The second-order valence-corrected chi connectivity index (χ2v) is 3.05. The number of nitrogen functional groups attached to an aromatic ring is 1. The topological polar surface area (TPSA) is 56.2 Å². The first-order valence-corrected chi connectivity index (χ1v) is 4.15. The van der Waals surface area contributed by atoms with Gasteiger partial charge < -0.3 is 10.2 Å². The normalized spacial score (nSPS) is 10.5. The largest absolute Gasteiger partial charge is 0.448 e. The van der Waals surface area contributed by atoms with Gasteiger partial charge in [0.15, 0.2) is 5.09 Å². The Morgan fingerprint density at radius 1 is 1.31 bits per heavy atom. The second kappa shape index (κ2) is 2.81. The van der Waals surface area contributed by atoms with Crippen LogP contribution in [0.4, 0.5) is 5.69 Å². The van der Waals surface area contributed by atoms with Gasteiger partial charge in [-0.1, -0.05) is 12.1 Å². The molecule has 0 aliphatic heterocycles. The number of para-hydroxylation sites is 1. The van der Waals surface area contributed by atoms with Crippen LogP contribution in [0.1, 0.15) is 0 Å². The lowest BCUT2D eigenvalue weighted by Gasteiger charge is -1.99. The highest BCUT2D eigenvalue weighted by molar-refractivity contribution is 7.80. The van der Waals surface area contributed by atoms with E-state index in [9.17, 15) is 4.79 Å². The minimum Gasteiger partial charge on any atom is -0.448 e. The van der Waals surface area contributed by atoms with Crippen molar-refractivity contribution in [3.8, 4) is 0 Å². The van der Waals surface area contributed by atoms with Gasteiger partial charge in [-0.15, -0.1) is 12.6 Å². The third kappa shape index (κ3) is 1.19. The molecule has 0 amide bonds. The van der Waals surface area contributed by atoms with Crippen molar-refractivity contribution in [3.63, 3.8) is 0 Å². The molecule has 0 saturated carbocycles. The summed E-state index contributed by atoms with van der Waals surface area (Å²) in [4.78, 5) is 11.5. The first kappa shape index (κ1) is 8.19. The molecule has 1 aromatic carbocycles. The molecule has 0 radical (unpaired) electrons. The number of benzene rings is 1. The third-order valence-electron chi connectivity index (χ3n) is 1.81. The van der Waals surface area contributed by atoms with Crippen molar-refractivity contribution < 1.29 is 4.42 Å². The predicted molar refractivity (Wildman–Crippen MR) is 54.1 cm³/mol. The minimum absolute atomic E-state index is 0.0574. The van der Waals surface area contributed by atoms with Gasteiger partial charge in [-0.2, -0.15) is 0 Å². The summed E-state index contributed by atoms with van der Waals surface area (Å²) < 4.78 is 5.21. The quantitative estimate of drug-likeness (QED) is 0.626. The van der Waals surface area contributed by atoms with E-state index in [-0.39, 0.29) is 16.2 Å². The average Bonchev–Trinajstić information content (AvgIpc) is 2.15. The first-order chi connectivity index (χ1) is 6.20. The van der Waals surface area contributed by atoms with Crippen LogP contribution >= 0.6 is 12.6 Å². The number of hydrogen-bond donors (Lipinski definition) is 2. The van der Waals surface area contributed by atoms with Gasteiger partial charge in [0.1, 0.15) is 11.3 Å². The molecule has 1 aromatic heterocycles. The lowest BCUT2D eigenvalue weighted by Crippen LogP contribution is -2.08. The summed E-state index contributed by atoms with van der Waals surface area (Å²) in [5.74, 6) is 0. The highest BCUT2D eigenvalue weighted by Gasteiger charge is 2.07. The van der Waals surface area contributed by atoms with E-state index < -0.39 is 0 Å². The van der Waals surface area contributed by atoms with E-state index >= 15 is 0 Å². The fourth-order valence-electron chi connectivity index (χ4n) is 1.14. The molecule has 4 heteroatoms. The molecule has 0 saturated heterocycles. The molecule has 3 nitrogen and oxygen atoms in total. The maximum Gasteiger partial charge on any atom is 0.216 e. The zero-order chi connectivity index (χ0) is 9.42. The summed E-state index contributed by atoms with van der Waals surface area (Å²) in [5.41, 5.74) is 5.80. The van der Waals surface area contributed by atoms with E-state index in [2.05, 4.69) is 12.6 Å². The Labute approximate surface area is 79.6 Å². The number of anilines is 1. The molecule has 13 heavy (non-hydrogen) atoms. The van der Waals surface area contributed by atoms with Crippen LogP contribution in [0.5, 0.6) is 0 Å². The van der Waals surface area contributed by atoms with Crippen LogP contribution in [0.25, 0.3) is 11.0 Å². The number of rotatable bonds is 0. The summed E-state index contributed by atoms with van der Waals surface area (Å²) >= 11 is 3.95. The lowest BCUT2D eigenvalue weighted by atomic mass is 10.2. The van der Waals surface area contributed by atoms with Gasteiger partial charge in [0, 0.05) is 0 Å². The maximum absolute atomic E-state index is 11.5. The van der Waals surface area contributed by atoms with E-state index in [1.807, 2.05) is 0 Å². The Morgan fingerprint density at radius 2 is 2.00 bits per heavy atom. The Bertz CT molecular complexity index is 518. The Kier molecular flexibility index (Phi) is 1.77. The zero-order valence-electron chi connectivity index (χ0n) is 6.65. The maximum atomic E-state index is 11.5. The molecule has 2 rings (SSSR count). The standard InChI is InChI=1S/C9H7NO2S/c10-7-8(11)5-3-1-2-4-6(5)12-9(7)13/h1-4,13H,10H2. The Hall–Kier alpha value is -1.42. The SMILES string of the molecule is Nc1c(S)oc2ccccc2c1=O. The number of fused-ring (bicyclic) bond motifs is 1.